The zero-order valence-electron chi connectivity index (χ0n) is 18.0. The lowest BCUT2D eigenvalue weighted by molar-refractivity contribution is 0.143. The van der Waals surface area contributed by atoms with Crippen LogP contribution in [-0.4, -0.2) is 47.8 Å². The highest BCUT2D eigenvalue weighted by Gasteiger charge is 2.27. The molecule has 9 heteroatoms. The Morgan fingerprint density at radius 2 is 2.06 bits per heavy atom. The van der Waals surface area contributed by atoms with Crippen molar-refractivity contribution in [3.05, 3.63) is 53.4 Å². The minimum atomic E-state index is -0.690. The summed E-state index contributed by atoms with van der Waals surface area (Å²) in [4.78, 5) is 11.5. The van der Waals surface area contributed by atoms with Crippen LogP contribution in [0.1, 0.15) is 24.1 Å². The summed E-state index contributed by atoms with van der Waals surface area (Å²) in [5, 5.41) is 10.5. The molecule has 2 aliphatic heterocycles. The van der Waals surface area contributed by atoms with E-state index in [9.17, 15) is 8.78 Å². The minimum Gasteiger partial charge on any atom is -0.384 e. The fraction of sp³-hybridized carbons (Fsp3) is 0.348. The minimum absolute atomic E-state index is 0.0813. The summed E-state index contributed by atoms with van der Waals surface area (Å²) >= 11 is 0. The molecule has 0 bridgehead atoms. The number of halogens is 2. The zero-order valence-corrected chi connectivity index (χ0v) is 18.0. The van der Waals surface area contributed by atoms with Gasteiger partial charge >= 0.3 is 0 Å². The topological polar surface area (TPSA) is 78.4 Å². The van der Waals surface area contributed by atoms with Gasteiger partial charge in [0.25, 0.3) is 0 Å². The number of nitrogens with zero attached hydrogens (tertiary/aromatic N) is 4. The van der Waals surface area contributed by atoms with Gasteiger partial charge in [0.1, 0.15) is 34.7 Å². The number of fused-ring (bicyclic) bond motifs is 3. The summed E-state index contributed by atoms with van der Waals surface area (Å²) in [5.74, 6) is -0.0140. The molecule has 1 atom stereocenters. The number of rotatable bonds is 4. The number of hydrogen-bond acceptors (Lipinski definition) is 6. The summed E-state index contributed by atoms with van der Waals surface area (Å²) in [7, 11) is 1.72. The van der Waals surface area contributed by atoms with Gasteiger partial charge in [0, 0.05) is 25.8 Å². The van der Waals surface area contributed by atoms with Gasteiger partial charge in [-0.25, -0.2) is 18.8 Å². The Morgan fingerprint density at radius 1 is 1.25 bits per heavy atom. The van der Waals surface area contributed by atoms with Crippen LogP contribution in [0.3, 0.4) is 0 Å². The fourth-order valence-corrected chi connectivity index (χ4v) is 4.42. The van der Waals surface area contributed by atoms with E-state index in [1.165, 1.54) is 18.2 Å². The normalized spacial score (nSPS) is 17.8. The Balaban J connectivity index is 1.58. The summed E-state index contributed by atoms with van der Waals surface area (Å²) in [5.41, 5.74) is 3.02. The molecule has 166 valence electrons. The highest BCUT2D eigenvalue weighted by atomic mass is 19.1. The molecule has 1 saturated heterocycles. The number of aromatic amines is 1. The molecule has 0 amide bonds. The third-order valence-corrected chi connectivity index (χ3v) is 5.98. The van der Waals surface area contributed by atoms with Crippen molar-refractivity contribution in [3.63, 3.8) is 0 Å². The van der Waals surface area contributed by atoms with Gasteiger partial charge in [0.05, 0.1) is 29.7 Å². The summed E-state index contributed by atoms with van der Waals surface area (Å²) in [6.45, 7) is 4.32. The van der Waals surface area contributed by atoms with Crippen LogP contribution in [0.15, 0.2) is 35.5 Å². The van der Waals surface area contributed by atoms with Gasteiger partial charge in [-0.05, 0) is 43.9 Å². The molecule has 0 radical (unpaired) electrons. The molecular formula is C23H24F2N6O. The number of aliphatic imine (C=N–C) groups is 1. The molecular weight excluding hydrogens is 414 g/mol. The van der Waals surface area contributed by atoms with Gasteiger partial charge in [-0.15, -0.1) is 0 Å². The van der Waals surface area contributed by atoms with Crippen molar-refractivity contribution in [3.8, 4) is 11.3 Å². The van der Waals surface area contributed by atoms with E-state index in [1.54, 1.807) is 13.3 Å². The van der Waals surface area contributed by atoms with Crippen LogP contribution in [0.2, 0.25) is 0 Å². The lowest BCUT2D eigenvalue weighted by Crippen LogP contribution is -2.37. The summed E-state index contributed by atoms with van der Waals surface area (Å²) in [6.07, 6.45) is 3.88. The van der Waals surface area contributed by atoms with Crippen molar-refractivity contribution in [1.82, 2.24) is 15.2 Å². The second-order valence-electron chi connectivity index (χ2n) is 8.23. The molecule has 2 aliphatic rings. The van der Waals surface area contributed by atoms with E-state index >= 15 is 0 Å². The molecule has 5 rings (SSSR count). The van der Waals surface area contributed by atoms with Crippen LogP contribution in [0.5, 0.6) is 0 Å². The number of nitrogens with one attached hydrogen (secondary N) is 2. The molecule has 1 fully saturated rings. The number of aryl methyl sites for hydroxylation is 1. The molecule has 0 aliphatic carbocycles. The second kappa shape index (κ2) is 8.31. The zero-order chi connectivity index (χ0) is 22.2. The Bertz CT molecular complexity index is 1170. The number of aromatic nitrogens is 3. The molecule has 3 aromatic rings. The fourth-order valence-electron chi connectivity index (χ4n) is 4.42. The summed E-state index contributed by atoms with van der Waals surface area (Å²) in [6, 6.07) is 5.72. The molecule has 4 heterocycles. The molecule has 0 spiro atoms. The van der Waals surface area contributed by atoms with E-state index in [-0.39, 0.29) is 11.4 Å². The number of benzene rings is 1. The van der Waals surface area contributed by atoms with Gasteiger partial charge in [-0.2, -0.15) is 5.10 Å². The lowest BCUT2D eigenvalue weighted by Gasteiger charge is -2.33. The van der Waals surface area contributed by atoms with E-state index in [2.05, 4.69) is 30.4 Å². The maximum absolute atomic E-state index is 14.5. The van der Waals surface area contributed by atoms with Crippen LogP contribution in [0.25, 0.3) is 11.3 Å². The number of anilines is 2. The Kier molecular flexibility index (Phi) is 5.34. The first-order valence-corrected chi connectivity index (χ1v) is 10.6. The average molecular weight is 438 g/mol. The largest absolute Gasteiger partial charge is 0.384 e. The monoisotopic (exact) mass is 438 g/mol. The van der Waals surface area contributed by atoms with E-state index in [0.29, 0.717) is 28.7 Å². The number of hydrogen-bond donors (Lipinski definition) is 2. The summed E-state index contributed by atoms with van der Waals surface area (Å²) < 4.78 is 34.4. The Morgan fingerprint density at radius 3 is 2.84 bits per heavy atom. The quantitative estimate of drug-likeness (QED) is 0.630. The molecule has 1 aromatic carbocycles. The third kappa shape index (κ3) is 3.62. The van der Waals surface area contributed by atoms with E-state index in [0.717, 1.165) is 43.9 Å². The number of methoxy groups -OCH3 is 1. The van der Waals surface area contributed by atoms with Crippen LogP contribution in [0, 0.1) is 24.5 Å². The molecule has 0 unspecified atom stereocenters. The van der Waals surface area contributed by atoms with E-state index in [1.807, 2.05) is 13.0 Å². The lowest BCUT2D eigenvalue weighted by atomic mass is 9.98. The predicted octanol–water partition coefficient (Wildman–Crippen LogP) is 4.42. The molecule has 32 heavy (non-hydrogen) atoms. The SMILES string of the molecule is COC[C@@H]1CCCN(c2cc3c(cn2)NC(c2c(F)cccc2F)=Nc2c-3n[nH]c2C)C1. The number of pyridine rings is 1. The second-order valence-corrected chi connectivity index (χ2v) is 8.23. The van der Waals surface area contributed by atoms with Crippen molar-refractivity contribution in [2.75, 3.05) is 37.0 Å². The van der Waals surface area contributed by atoms with Gasteiger partial charge in [-0.3, -0.25) is 5.10 Å². The van der Waals surface area contributed by atoms with Gasteiger partial charge in [0.15, 0.2) is 0 Å². The van der Waals surface area contributed by atoms with E-state index < -0.39 is 11.6 Å². The van der Waals surface area contributed by atoms with Crippen molar-refractivity contribution in [1.29, 1.82) is 0 Å². The van der Waals surface area contributed by atoms with Gasteiger partial charge < -0.3 is 15.0 Å². The van der Waals surface area contributed by atoms with E-state index in [4.69, 9.17) is 4.74 Å². The maximum Gasteiger partial charge on any atom is 0.144 e. The molecule has 2 N–H and O–H groups in total. The van der Waals surface area contributed by atoms with Crippen LogP contribution < -0.4 is 10.2 Å². The van der Waals surface area contributed by atoms with Gasteiger partial charge in [-0.1, -0.05) is 6.07 Å². The number of ether oxygens (including phenoxy) is 1. The first-order chi connectivity index (χ1) is 15.5. The van der Waals surface area contributed by atoms with Crippen molar-refractivity contribution < 1.29 is 13.5 Å². The van der Waals surface area contributed by atoms with Crippen molar-refractivity contribution in [2.45, 2.75) is 19.8 Å². The maximum atomic E-state index is 14.5. The van der Waals surface area contributed by atoms with Gasteiger partial charge in [0.2, 0.25) is 0 Å². The smallest absolute Gasteiger partial charge is 0.144 e. The predicted molar refractivity (Wildman–Crippen MR) is 120 cm³/mol. The van der Waals surface area contributed by atoms with Crippen LogP contribution in [-0.2, 0) is 4.74 Å². The standard InChI is InChI=1S/C23H24F2N6O/c1-13-21-22(30-29-13)15-9-19(31-8-4-5-14(11-31)12-32-2)26-10-18(15)27-23(28-21)20-16(24)6-3-7-17(20)25/h3,6-7,9-10,14H,4-5,8,11-12H2,1-2H3,(H,27,28)(H,29,30)/t14-/m1/s1. The van der Waals surface area contributed by atoms with Crippen LogP contribution in [0.4, 0.5) is 26.0 Å². The molecule has 2 aromatic heterocycles. The van der Waals surface area contributed by atoms with Crippen molar-refractivity contribution >= 4 is 23.0 Å². The average Bonchev–Trinajstić information content (AvgIpc) is 3.05. The van der Waals surface area contributed by atoms with Crippen molar-refractivity contribution in [2.24, 2.45) is 10.9 Å². The first kappa shape index (κ1) is 20.6. The first-order valence-electron chi connectivity index (χ1n) is 10.6. The highest BCUT2D eigenvalue weighted by Crippen LogP contribution is 2.40. The molecule has 7 nitrogen and oxygen atoms in total. The molecule has 0 saturated carbocycles. The highest BCUT2D eigenvalue weighted by molar-refractivity contribution is 6.13. The third-order valence-electron chi connectivity index (χ3n) is 5.98. The number of piperidine rings is 1. The van der Waals surface area contributed by atoms with Crippen LogP contribution >= 0.6 is 0 Å². The Labute approximate surface area is 184 Å². The Hall–Kier alpha value is -3.33. The number of amidine groups is 1. The number of H-pyrrole nitrogens is 1.